The maximum Gasteiger partial charge on any atom is 0.264 e. The van der Waals surface area contributed by atoms with Crippen LogP contribution < -0.4 is 4.72 Å². The summed E-state index contributed by atoms with van der Waals surface area (Å²) in [7, 11) is -4.45. The molecule has 0 spiro atoms. The lowest BCUT2D eigenvalue weighted by molar-refractivity contribution is 0.432. The molecule has 0 aromatic heterocycles. The Hall–Kier alpha value is -1.25. The summed E-state index contributed by atoms with van der Waals surface area (Å²) in [6.07, 6.45) is 0. The van der Waals surface area contributed by atoms with E-state index in [1.807, 2.05) is 4.72 Å². The van der Waals surface area contributed by atoms with Gasteiger partial charge in [0, 0.05) is 4.47 Å². The van der Waals surface area contributed by atoms with E-state index in [2.05, 4.69) is 15.9 Å². The summed E-state index contributed by atoms with van der Waals surface area (Å²) in [6.45, 7) is 0. The molecular formula is C12H6BrClF3NO2S. The van der Waals surface area contributed by atoms with Crippen LogP contribution in [0.2, 0.25) is 5.02 Å². The van der Waals surface area contributed by atoms with Gasteiger partial charge in [-0.1, -0.05) is 27.5 Å². The predicted octanol–water partition coefficient (Wildman–Crippen LogP) is 4.32. The van der Waals surface area contributed by atoms with Crippen LogP contribution in [0, 0.1) is 17.5 Å². The monoisotopic (exact) mass is 399 g/mol. The summed E-state index contributed by atoms with van der Waals surface area (Å²) in [4.78, 5) is -1.01. The molecule has 0 aliphatic carbocycles. The molecule has 0 aliphatic rings. The van der Waals surface area contributed by atoms with Crippen molar-refractivity contribution in [3.8, 4) is 0 Å². The smallest absolute Gasteiger partial charge is 0.264 e. The van der Waals surface area contributed by atoms with Crippen molar-refractivity contribution in [1.82, 2.24) is 0 Å². The van der Waals surface area contributed by atoms with Crippen molar-refractivity contribution in [3.63, 3.8) is 0 Å². The third-order valence-corrected chi connectivity index (χ3v) is 4.65. The Morgan fingerprint density at radius 3 is 2.33 bits per heavy atom. The van der Waals surface area contributed by atoms with Crippen molar-refractivity contribution in [1.29, 1.82) is 0 Å². The maximum absolute atomic E-state index is 13.6. The quantitative estimate of drug-likeness (QED) is 0.780. The van der Waals surface area contributed by atoms with Crippen molar-refractivity contribution in [2.45, 2.75) is 4.90 Å². The summed E-state index contributed by atoms with van der Waals surface area (Å²) < 4.78 is 66.1. The van der Waals surface area contributed by atoms with E-state index in [1.165, 1.54) is 18.2 Å². The number of halogens is 5. The van der Waals surface area contributed by atoms with Crippen molar-refractivity contribution in [3.05, 3.63) is 57.3 Å². The number of nitrogens with one attached hydrogen (secondary N) is 1. The van der Waals surface area contributed by atoms with Gasteiger partial charge in [-0.15, -0.1) is 0 Å². The number of hydrogen-bond acceptors (Lipinski definition) is 2. The summed E-state index contributed by atoms with van der Waals surface area (Å²) in [5, 5.41) is 0.0518. The topological polar surface area (TPSA) is 46.2 Å². The van der Waals surface area contributed by atoms with Crippen molar-refractivity contribution in [2.24, 2.45) is 0 Å². The lowest BCUT2D eigenvalue weighted by Gasteiger charge is -2.11. The van der Waals surface area contributed by atoms with Gasteiger partial charge in [0.15, 0.2) is 17.5 Å². The second-order valence-corrected chi connectivity index (χ2v) is 6.88. The maximum atomic E-state index is 13.6. The van der Waals surface area contributed by atoms with E-state index in [9.17, 15) is 21.6 Å². The Kier molecular flexibility index (Phi) is 4.50. The lowest BCUT2D eigenvalue weighted by Crippen LogP contribution is -2.16. The molecule has 0 radical (unpaired) electrons. The summed E-state index contributed by atoms with van der Waals surface area (Å²) in [5.74, 6) is -5.14. The van der Waals surface area contributed by atoms with Gasteiger partial charge in [-0.3, -0.25) is 4.72 Å². The molecule has 0 saturated carbocycles. The highest BCUT2D eigenvalue weighted by Crippen LogP contribution is 2.29. The fourth-order valence-electron chi connectivity index (χ4n) is 1.49. The van der Waals surface area contributed by atoms with E-state index < -0.39 is 32.4 Å². The minimum atomic E-state index is -4.45. The molecule has 0 atom stereocenters. The van der Waals surface area contributed by atoms with Gasteiger partial charge < -0.3 is 0 Å². The van der Waals surface area contributed by atoms with Crippen molar-refractivity contribution in [2.75, 3.05) is 4.72 Å². The average Bonchev–Trinajstić information content (AvgIpc) is 2.39. The van der Waals surface area contributed by atoms with Gasteiger partial charge in [0.2, 0.25) is 0 Å². The van der Waals surface area contributed by atoms with Gasteiger partial charge in [-0.05, 0) is 30.3 Å². The Bertz CT molecular complexity index is 814. The molecule has 3 nitrogen and oxygen atoms in total. The van der Waals surface area contributed by atoms with E-state index >= 15 is 0 Å². The van der Waals surface area contributed by atoms with Crippen LogP contribution in [-0.4, -0.2) is 8.42 Å². The number of benzene rings is 2. The molecule has 0 fully saturated rings. The average molecular weight is 401 g/mol. The van der Waals surface area contributed by atoms with E-state index in [4.69, 9.17) is 11.6 Å². The van der Waals surface area contributed by atoms with Gasteiger partial charge in [0.05, 0.1) is 10.7 Å². The van der Waals surface area contributed by atoms with E-state index in [0.717, 1.165) is 0 Å². The second-order valence-electron chi connectivity index (χ2n) is 3.90. The highest BCUT2D eigenvalue weighted by molar-refractivity contribution is 9.10. The van der Waals surface area contributed by atoms with Gasteiger partial charge in [0.25, 0.3) is 10.0 Å². The third kappa shape index (κ3) is 3.33. The van der Waals surface area contributed by atoms with Crippen LogP contribution in [0.15, 0.2) is 39.7 Å². The number of anilines is 1. The summed E-state index contributed by atoms with van der Waals surface area (Å²) in [6, 6.07) is 5.41. The summed E-state index contributed by atoms with van der Waals surface area (Å²) in [5.41, 5.74) is -0.0241. The van der Waals surface area contributed by atoms with Crippen LogP contribution >= 0.6 is 27.5 Å². The first kappa shape index (κ1) is 16.1. The first-order chi connectivity index (χ1) is 9.72. The van der Waals surface area contributed by atoms with E-state index in [0.29, 0.717) is 16.6 Å². The van der Waals surface area contributed by atoms with Crippen LogP contribution in [0.4, 0.5) is 18.9 Å². The number of hydrogen-bond donors (Lipinski definition) is 1. The molecule has 0 amide bonds. The van der Waals surface area contributed by atoms with E-state index in [1.54, 1.807) is 0 Å². The highest BCUT2D eigenvalue weighted by Gasteiger charge is 2.24. The normalized spacial score (nSPS) is 11.5. The Labute approximate surface area is 131 Å². The SMILES string of the molecule is O=S(=O)(Nc1ccc(Br)cc1Cl)c1ccc(F)c(F)c1F. The van der Waals surface area contributed by atoms with Crippen LogP contribution in [0.25, 0.3) is 0 Å². The fraction of sp³-hybridized carbons (Fsp3) is 0. The Morgan fingerprint density at radius 1 is 1.05 bits per heavy atom. The number of sulfonamides is 1. The van der Waals surface area contributed by atoms with Crippen LogP contribution in [0.5, 0.6) is 0 Å². The molecule has 9 heteroatoms. The molecule has 0 aliphatic heterocycles. The number of rotatable bonds is 3. The minimum Gasteiger partial charge on any atom is -0.278 e. The molecule has 0 heterocycles. The summed E-state index contributed by atoms with van der Waals surface area (Å²) >= 11 is 8.97. The predicted molar refractivity (Wildman–Crippen MR) is 76.3 cm³/mol. The van der Waals surface area contributed by atoms with Gasteiger partial charge in [0.1, 0.15) is 4.90 Å². The Morgan fingerprint density at radius 2 is 1.71 bits per heavy atom. The molecule has 21 heavy (non-hydrogen) atoms. The lowest BCUT2D eigenvalue weighted by atomic mass is 10.3. The molecule has 2 rings (SSSR count). The zero-order chi connectivity index (χ0) is 15.8. The van der Waals surface area contributed by atoms with Gasteiger partial charge in [-0.25, -0.2) is 21.6 Å². The molecule has 2 aromatic rings. The Balaban J connectivity index is 2.46. The fourth-order valence-corrected chi connectivity index (χ4v) is 3.41. The molecule has 112 valence electrons. The van der Waals surface area contributed by atoms with Crippen LogP contribution in [0.3, 0.4) is 0 Å². The first-order valence-corrected chi connectivity index (χ1v) is 7.99. The standard InChI is InChI=1S/C12H6BrClF3NO2S/c13-6-1-3-9(7(14)5-6)18-21(19,20)10-4-2-8(15)11(16)12(10)17/h1-5,18H. The molecule has 0 unspecified atom stereocenters. The van der Waals surface area contributed by atoms with E-state index in [-0.39, 0.29) is 10.7 Å². The van der Waals surface area contributed by atoms with Crippen molar-refractivity contribution >= 4 is 43.2 Å². The molecule has 0 bridgehead atoms. The van der Waals surface area contributed by atoms with Gasteiger partial charge in [-0.2, -0.15) is 0 Å². The molecule has 1 N–H and O–H groups in total. The first-order valence-electron chi connectivity index (χ1n) is 5.34. The zero-order valence-electron chi connectivity index (χ0n) is 10.0. The van der Waals surface area contributed by atoms with Crippen LogP contribution in [-0.2, 0) is 10.0 Å². The second kappa shape index (κ2) is 5.86. The highest BCUT2D eigenvalue weighted by atomic mass is 79.9. The largest absolute Gasteiger partial charge is 0.278 e. The zero-order valence-corrected chi connectivity index (χ0v) is 13.2. The molecule has 0 saturated heterocycles. The van der Waals surface area contributed by atoms with Crippen molar-refractivity contribution < 1.29 is 21.6 Å². The van der Waals surface area contributed by atoms with Crippen LogP contribution in [0.1, 0.15) is 0 Å². The minimum absolute atomic E-state index is 0.0241. The third-order valence-electron chi connectivity index (χ3n) is 2.46. The van der Waals surface area contributed by atoms with Gasteiger partial charge >= 0.3 is 0 Å². The molecule has 2 aromatic carbocycles. The molecular weight excluding hydrogens is 395 g/mol.